The minimum Gasteiger partial charge on any atom is -0.484 e. The number of rotatable bonds is 16. The van der Waals surface area contributed by atoms with Crippen LogP contribution in [0, 0.1) is 18.6 Å². The Morgan fingerprint density at radius 3 is 2.18 bits per heavy atom. The molecule has 0 spiro atoms. The number of hydrogen-bond donors (Lipinski definition) is 3. The van der Waals surface area contributed by atoms with Gasteiger partial charge in [0.25, 0.3) is 17.7 Å². The van der Waals surface area contributed by atoms with Crippen molar-refractivity contribution in [1.82, 2.24) is 15.5 Å². The van der Waals surface area contributed by atoms with Gasteiger partial charge in [0.1, 0.15) is 17.4 Å². The smallest absolute Gasteiger partial charge is 0.257 e. The number of nitrogens with one attached hydrogen (secondary N) is 2. The van der Waals surface area contributed by atoms with E-state index in [9.17, 15) is 28.3 Å². The Hall–Kier alpha value is -4.31. The van der Waals surface area contributed by atoms with Gasteiger partial charge in [0.2, 0.25) is 0 Å². The van der Waals surface area contributed by atoms with Gasteiger partial charge in [-0.25, -0.2) is 8.78 Å². The fourth-order valence-corrected chi connectivity index (χ4v) is 4.87. The number of amides is 3. The van der Waals surface area contributed by atoms with Crippen LogP contribution in [0.25, 0.3) is 0 Å². The minimum atomic E-state index is -1.18. The van der Waals surface area contributed by atoms with Crippen LogP contribution in [0.5, 0.6) is 5.75 Å². The Labute approximate surface area is 257 Å². The van der Waals surface area contributed by atoms with E-state index in [0.29, 0.717) is 30.0 Å². The molecule has 3 rings (SSSR count). The maximum atomic E-state index is 13.9. The molecule has 10 heteroatoms. The first kappa shape index (κ1) is 34.2. The lowest BCUT2D eigenvalue weighted by molar-refractivity contribution is -0.123. The summed E-state index contributed by atoms with van der Waals surface area (Å²) in [6, 6.07) is 15.8. The summed E-state index contributed by atoms with van der Waals surface area (Å²) in [6.45, 7) is 6.80. The zero-order valence-corrected chi connectivity index (χ0v) is 25.4. The average molecular weight is 610 g/mol. The molecule has 0 aliphatic carbocycles. The van der Waals surface area contributed by atoms with Gasteiger partial charge in [-0.1, -0.05) is 32.0 Å². The van der Waals surface area contributed by atoms with E-state index in [0.717, 1.165) is 31.0 Å². The molecule has 0 fully saturated rings. The second kappa shape index (κ2) is 17.1. The van der Waals surface area contributed by atoms with Crippen molar-refractivity contribution >= 4 is 17.7 Å². The number of carbonyl (C=O) groups is 3. The van der Waals surface area contributed by atoms with Crippen LogP contribution in [0.1, 0.15) is 65.0 Å². The molecule has 0 saturated carbocycles. The number of aliphatic hydroxyl groups is 1. The van der Waals surface area contributed by atoms with Gasteiger partial charge < -0.3 is 25.4 Å². The molecule has 8 nitrogen and oxygen atoms in total. The quantitative estimate of drug-likeness (QED) is 0.216. The van der Waals surface area contributed by atoms with Crippen molar-refractivity contribution in [2.75, 3.05) is 26.2 Å². The van der Waals surface area contributed by atoms with Crippen LogP contribution in [-0.4, -0.2) is 66.1 Å². The van der Waals surface area contributed by atoms with Crippen molar-refractivity contribution in [3.05, 3.63) is 101 Å². The van der Waals surface area contributed by atoms with E-state index >= 15 is 0 Å². The lowest BCUT2D eigenvalue weighted by Crippen LogP contribution is -2.46. The highest BCUT2D eigenvalue weighted by molar-refractivity contribution is 6.00. The van der Waals surface area contributed by atoms with Gasteiger partial charge in [0, 0.05) is 36.8 Å². The molecule has 0 bridgehead atoms. The van der Waals surface area contributed by atoms with Gasteiger partial charge in [-0.05, 0) is 86.2 Å². The van der Waals surface area contributed by atoms with Gasteiger partial charge in [-0.15, -0.1) is 0 Å². The van der Waals surface area contributed by atoms with E-state index in [1.807, 2.05) is 19.9 Å². The summed E-state index contributed by atoms with van der Waals surface area (Å²) in [5.41, 5.74) is 1.54. The van der Waals surface area contributed by atoms with Crippen molar-refractivity contribution in [3.63, 3.8) is 0 Å². The van der Waals surface area contributed by atoms with Crippen molar-refractivity contribution in [3.8, 4) is 5.75 Å². The first-order valence-electron chi connectivity index (χ1n) is 14.9. The lowest BCUT2D eigenvalue weighted by atomic mass is 9.97. The van der Waals surface area contributed by atoms with E-state index in [2.05, 4.69) is 10.6 Å². The average Bonchev–Trinajstić information content (AvgIpc) is 2.99. The Kier molecular flexibility index (Phi) is 13.3. The van der Waals surface area contributed by atoms with E-state index in [-0.39, 0.29) is 43.0 Å². The van der Waals surface area contributed by atoms with E-state index in [1.54, 1.807) is 48.2 Å². The van der Waals surface area contributed by atoms with Gasteiger partial charge in [-0.3, -0.25) is 14.4 Å². The predicted octanol–water partition coefficient (Wildman–Crippen LogP) is 4.82. The number of halogens is 2. The Morgan fingerprint density at radius 1 is 0.909 bits per heavy atom. The standard InChI is InChI=1S/C34H41F2N3O5/c1-4-13-39(14-5-2)34(43)26-16-23(3)15-25(20-26)33(42)38-30(19-24-17-27(35)21-28(36)18-24)31(40)11-12-37-32(41)22-44-29-9-7-6-8-10-29/h6-10,15-18,20-21,30-31,40H,4-5,11-14,19,22H2,1-3H3,(H,37,41)(H,38,42)/t30-,31+/m0/s1. The summed E-state index contributed by atoms with van der Waals surface area (Å²) >= 11 is 0. The zero-order valence-electron chi connectivity index (χ0n) is 25.4. The topological polar surface area (TPSA) is 108 Å². The fraction of sp³-hybridized carbons (Fsp3) is 0.382. The highest BCUT2D eigenvalue weighted by atomic mass is 19.1. The molecule has 0 saturated heterocycles. The predicted molar refractivity (Wildman–Crippen MR) is 165 cm³/mol. The monoisotopic (exact) mass is 609 g/mol. The molecule has 236 valence electrons. The molecule has 0 radical (unpaired) electrons. The van der Waals surface area contributed by atoms with Crippen molar-refractivity contribution in [1.29, 1.82) is 0 Å². The second-order valence-corrected chi connectivity index (χ2v) is 10.7. The number of ether oxygens (including phenoxy) is 1. The van der Waals surface area contributed by atoms with Gasteiger partial charge >= 0.3 is 0 Å². The summed E-state index contributed by atoms with van der Waals surface area (Å²) in [5, 5.41) is 16.5. The Morgan fingerprint density at radius 2 is 1.55 bits per heavy atom. The largest absolute Gasteiger partial charge is 0.484 e. The van der Waals surface area contributed by atoms with Crippen LogP contribution in [0.4, 0.5) is 8.78 Å². The molecular weight excluding hydrogens is 568 g/mol. The summed E-state index contributed by atoms with van der Waals surface area (Å²) in [4.78, 5) is 40.7. The van der Waals surface area contributed by atoms with Crippen LogP contribution in [0.15, 0.2) is 66.7 Å². The first-order valence-corrected chi connectivity index (χ1v) is 14.9. The van der Waals surface area contributed by atoms with E-state index < -0.39 is 35.6 Å². The van der Waals surface area contributed by atoms with Crippen molar-refractivity contribution in [2.24, 2.45) is 0 Å². The third kappa shape index (κ3) is 10.8. The van der Waals surface area contributed by atoms with Gasteiger partial charge in [-0.2, -0.15) is 0 Å². The highest BCUT2D eigenvalue weighted by Gasteiger charge is 2.24. The zero-order chi connectivity index (χ0) is 32.1. The molecule has 0 aliphatic rings. The normalized spacial score (nSPS) is 12.2. The number of aryl methyl sites for hydroxylation is 1. The molecule has 3 aromatic rings. The number of aliphatic hydroxyl groups excluding tert-OH is 1. The molecule has 3 amide bonds. The van der Waals surface area contributed by atoms with E-state index in [1.165, 1.54) is 6.07 Å². The third-order valence-corrected chi connectivity index (χ3v) is 6.90. The number of para-hydroxylation sites is 1. The molecule has 0 heterocycles. The van der Waals surface area contributed by atoms with Crippen LogP contribution >= 0.6 is 0 Å². The summed E-state index contributed by atoms with van der Waals surface area (Å²) in [7, 11) is 0. The maximum absolute atomic E-state index is 13.9. The highest BCUT2D eigenvalue weighted by Crippen LogP contribution is 2.17. The molecule has 3 aromatic carbocycles. The minimum absolute atomic E-state index is 0.0420. The van der Waals surface area contributed by atoms with Crippen LogP contribution in [0.2, 0.25) is 0 Å². The molecule has 0 unspecified atom stereocenters. The van der Waals surface area contributed by atoms with Crippen LogP contribution in [-0.2, 0) is 11.2 Å². The molecular formula is C34H41F2N3O5. The molecule has 0 aliphatic heterocycles. The van der Waals surface area contributed by atoms with Crippen LogP contribution < -0.4 is 15.4 Å². The van der Waals surface area contributed by atoms with E-state index in [4.69, 9.17) is 4.74 Å². The molecule has 0 aromatic heterocycles. The maximum Gasteiger partial charge on any atom is 0.257 e. The SMILES string of the molecule is CCCN(CCC)C(=O)c1cc(C)cc(C(=O)N[C@@H](Cc2cc(F)cc(F)c2)[C@H](O)CCNC(=O)COc2ccccc2)c1. The third-order valence-electron chi connectivity index (χ3n) is 6.90. The Balaban J connectivity index is 1.73. The van der Waals surface area contributed by atoms with Crippen molar-refractivity contribution < 1.29 is 33.0 Å². The fourth-order valence-electron chi connectivity index (χ4n) is 4.87. The van der Waals surface area contributed by atoms with Gasteiger partial charge in [0.15, 0.2) is 6.61 Å². The molecule has 2 atom stereocenters. The lowest BCUT2D eigenvalue weighted by Gasteiger charge is -2.25. The van der Waals surface area contributed by atoms with Crippen molar-refractivity contribution in [2.45, 2.75) is 58.6 Å². The number of benzene rings is 3. The Bertz CT molecular complexity index is 1380. The number of nitrogens with zero attached hydrogens (tertiary/aromatic N) is 1. The summed E-state index contributed by atoms with van der Waals surface area (Å²) < 4.78 is 33.3. The summed E-state index contributed by atoms with van der Waals surface area (Å²) in [5.74, 6) is -2.15. The molecule has 3 N–H and O–H groups in total. The second-order valence-electron chi connectivity index (χ2n) is 10.7. The first-order chi connectivity index (χ1) is 21.1. The summed E-state index contributed by atoms with van der Waals surface area (Å²) in [6.07, 6.45) is 0.374. The van der Waals surface area contributed by atoms with Gasteiger partial charge in [0.05, 0.1) is 12.1 Å². The van der Waals surface area contributed by atoms with Crippen LogP contribution in [0.3, 0.4) is 0 Å². The number of carbonyl (C=O) groups excluding carboxylic acids is 3. The molecule has 44 heavy (non-hydrogen) atoms. The number of hydrogen-bond acceptors (Lipinski definition) is 5.